The molecule has 0 unspecified atom stereocenters. The number of anilines is 1. The van der Waals surface area contributed by atoms with Crippen LogP contribution in [-0.2, 0) is 16.6 Å². The Kier molecular flexibility index (Phi) is 4.38. The van der Waals surface area contributed by atoms with Crippen molar-refractivity contribution in [1.82, 2.24) is 9.88 Å². The zero-order chi connectivity index (χ0) is 16.4. The van der Waals surface area contributed by atoms with E-state index < -0.39 is 10.0 Å². The Hall–Kier alpha value is -1.90. The first-order chi connectivity index (χ1) is 10.9. The van der Waals surface area contributed by atoms with Crippen molar-refractivity contribution in [3.8, 4) is 0 Å². The minimum Gasteiger partial charge on any atom is -0.448 e. The van der Waals surface area contributed by atoms with Gasteiger partial charge in [-0.25, -0.2) is 18.5 Å². The highest BCUT2D eigenvalue weighted by molar-refractivity contribution is 7.89. The zero-order valence-corrected chi connectivity index (χ0v) is 13.8. The van der Waals surface area contributed by atoms with Crippen LogP contribution in [0.3, 0.4) is 0 Å². The number of sulfonamides is 1. The van der Waals surface area contributed by atoms with Crippen LogP contribution >= 0.6 is 0 Å². The maximum atomic E-state index is 11.3. The van der Waals surface area contributed by atoms with Crippen molar-refractivity contribution < 1.29 is 12.8 Å². The highest BCUT2D eigenvalue weighted by atomic mass is 32.2. The highest BCUT2D eigenvalue weighted by Crippen LogP contribution is 2.20. The summed E-state index contributed by atoms with van der Waals surface area (Å²) < 4.78 is 27.8. The second-order valence-corrected chi connectivity index (χ2v) is 7.22. The third kappa shape index (κ3) is 3.72. The lowest BCUT2D eigenvalue weighted by Crippen LogP contribution is -2.46. The van der Waals surface area contributed by atoms with Crippen molar-refractivity contribution in [2.75, 3.05) is 31.1 Å². The zero-order valence-electron chi connectivity index (χ0n) is 13.0. The summed E-state index contributed by atoms with van der Waals surface area (Å²) in [6.07, 6.45) is 1.48. The Labute approximate surface area is 135 Å². The summed E-state index contributed by atoms with van der Waals surface area (Å²) in [5.41, 5.74) is 1.99. The van der Waals surface area contributed by atoms with E-state index in [9.17, 15) is 8.42 Å². The molecule has 2 N–H and O–H groups in total. The van der Waals surface area contributed by atoms with E-state index in [0.717, 1.165) is 49.9 Å². The number of primary sulfonamides is 1. The molecular weight excluding hydrogens is 316 g/mol. The smallest absolute Gasteiger partial charge is 0.238 e. The predicted octanol–water partition coefficient (Wildman–Crippen LogP) is 0.953. The molecule has 23 heavy (non-hydrogen) atoms. The number of oxazole rings is 1. The average molecular weight is 336 g/mol. The quantitative estimate of drug-likeness (QED) is 0.894. The van der Waals surface area contributed by atoms with Crippen LogP contribution in [0.5, 0.6) is 0 Å². The molecule has 1 aliphatic heterocycles. The van der Waals surface area contributed by atoms with Crippen molar-refractivity contribution in [2.45, 2.75) is 18.4 Å². The summed E-state index contributed by atoms with van der Waals surface area (Å²) in [5.74, 6) is 0.867. The van der Waals surface area contributed by atoms with Gasteiger partial charge in [-0.15, -0.1) is 0 Å². The van der Waals surface area contributed by atoms with Gasteiger partial charge in [0.2, 0.25) is 10.0 Å². The van der Waals surface area contributed by atoms with Crippen LogP contribution in [0.1, 0.15) is 11.5 Å². The number of piperazine rings is 1. The van der Waals surface area contributed by atoms with E-state index in [-0.39, 0.29) is 4.90 Å². The Morgan fingerprint density at radius 1 is 1.17 bits per heavy atom. The summed E-state index contributed by atoms with van der Waals surface area (Å²) in [6.45, 7) is 6.32. The predicted molar refractivity (Wildman–Crippen MR) is 86.5 cm³/mol. The van der Waals surface area contributed by atoms with Gasteiger partial charge in [0, 0.05) is 38.4 Å². The van der Waals surface area contributed by atoms with Gasteiger partial charge >= 0.3 is 0 Å². The normalized spacial score (nSPS) is 16.7. The summed E-state index contributed by atoms with van der Waals surface area (Å²) >= 11 is 0. The number of hydrogen-bond acceptors (Lipinski definition) is 6. The molecular formula is C15H20N4O3S. The fourth-order valence-corrected chi connectivity index (χ4v) is 3.22. The largest absolute Gasteiger partial charge is 0.448 e. The van der Waals surface area contributed by atoms with Gasteiger partial charge in [-0.05, 0) is 31.2 Å². The van der Waals surface area contributed by atoms with Gasteiger partial charge in [0.15, 0.2) is 6.39 Å². The SMILES string of the molecule is Cc1ocnc1CN1CCN(c2ccc(S(N)(=O)=O)cc2)CC1. The molecule has 1 aromatic carbocycles. The first-order valence-electron chi connectivity index (χ1n) is 7.42. The Morgan fingerprint density at radius 3 is 2.35 bits per heavy atom. The maximum absolute atomic E-state index is 11.3. The summed E-state index contributed by atoms with van der Waals surface area (Å²) in [5, 5.41) is 5.12. The number of nitrogens with zero attached hydrogens (tertiary/aromatic N) is 3. The molecule has 1 saturated heterocycles. The third-order valence-electron chi connectivity index (χ3n) is 4.12. The summed E-state index contributed by atoms with van der Waals surface area (Å²) in [7, 11) is -3.63. The number of aromatic nitrogens is 1. The van der Waals surface area contributed by atoms with E-state index in [2.05, 4.69) is 14.8 Å². The number of rotatable bonds is 4. The molecule has 1 aliphatic rings. The molecule has 1 aromatic heterocycles. The fourth-order valence-electron chi connectivity index (χ4n) is 2.70. The van der Waals surface area contributed by atoms with Gasteiger partial charge in [-0.3, -0.25) is 4.90 Å². The van der Waals surface area contributed by atoms with E-state index in [1.54, 1.807) is 24.3 Å². The average Bonchev–Trinajstić information content (AvgIpc) is 2.93. The minimum atomic E-state index is -3.63. The minimum absolute atomic E-state index is 0.140. The Balaban J connectivity index is 1.59. The van der Waals surface area contributed by atoms with Crippen molar-refractivity contribution in [2.24, 2.45) is 5.14 Å². The van der Waals surface area contributed by atoms with Gasteiger partial charge < -0.3 is 9.32 Å². The first-order valence-corrected chi connectivity index (χ1v) is 8.97. The van der Waals surface area contributed by atoms with E-state index >= 15 is 0 Å². The maximum Gasteiger partial charge on any atom is 0.238 e. The van der Waals surface area contributed by atoms with E-state index in [4.69, 9.17) is 9.56 Å². The standard InChI is InChI=1S/C15H20N4O3S/c1-12-15(17-11-22-12)10-18-6-8-19(9-7-18)13-2-4-14(5-3-13)23(16,20)21/h2-5,11H,6-10H2,1H3,(H2,16,20,21). The molecule has 2 heterocycles. The summed E-state index contributed by atoms with van der Waals surface area (Å²) in [6, 6.07) is 6.71. The lowest BCUT2D eigenvalue weighted by atomic mass is 10.2. The van der Waals surface area contributed by atoms with Crippen LogP contribution in [0.25, 0.3) is 0 Å². The molecule has 7 nitrogen and oxygen atoms in total. The van der Waals surface area contributed by atoms with E-state index in [1.165, 1.54) is 6.39 Å². The topological polar surface area (TPSA) is 92.7 Å². The molecule has 0 bridgehead atoms. The molecule has 2 aromatic rings. The molecule has 0 spiro atoms. The van der Waals surface area contributed by atoms with Crippen LogP contribution in [0.2, 0.25) is 0 Å². The molecule has 124 valence electrons. The van der Waals surface area contributed by atoms with Gasteiger partial charge in [-0.2, -0.15) is 0 Å². The van der Waals surface area contributed by atoms with Gasteiger partial charge in [0.05, 0.1) is 10.6 Å². The Bertz CT molecular complexity index is 762. The van der Waals surface area contributed by atoms with Crippen LogP contribution in [0.15, 0.2) is 40.0 Å². The second kappa shape index (κ2) is 6.31. The highest BCUT2D eigenvalue weighted by Gasteiger charge is 2.19. The van der Waals surface area contributed by atoms with E-state index in [1.807, 2.05) is 6.92 Å². The molecule has 3 rings (SSSR count). The van der Waals surface area contributed by atoms with Crippen molar-refractivity contribution in [3.63, 3.8) is 0 Å². The first kappa shape index (κ1) is 16.0. The van der Waals surface area contributed by atoms with Crippen LogP contribution < -0.4 is 10.0 Å². The molecule has 0 aliphatic carbocycles. The van der Waals surface area contributed by atoms with Gasteiger partial charge in [-0.1, -0.05) is 0 Å². The number of aryl methyl sites for hydroxylation is 1. The molecule has 8 heteroatoms. The number of nitrogens with two attached hydrogens (primary N) is 1. The van der Waals surface area contributed by atoms with Crippen molar-refractivity contribution in [1.29, 1.82) is 0 Å². The monoisotopic (exact) mass is 336 g/mol. The van der Waals surface area contributed by atoms with Crippen LogP contribution in [-0.4, -0.2) is 44.5 Å². The molecule has 0 saturated carbocycles. The third-order valence-corrected chi connectivity index (χ3v) is 5.05. The Morgan fingerprint density at radius 2 is 1.83 bits per heavy atom. The lowest BCUT2D eigenvalue weighted by molar-refractivity contribution is 0.246. The number of benzene rings is 1. The van der Waals surface area contributed by atoms with Crippen LogP contribution in [0, 0.1) is 6.92 Å². The molecule has 0 amide bonds. The van der Waals surface area contributed by atoms with Gasteiger partial charge in [0.1, 0.15) is 5.76 Å². The molecule has 1 fully saturated rings. The molecule has 0 atom stereocenters. The van der Waals surface area contributed by atoms with Crippen molar-refractivity contribution >= 4 is 15.7 Å². The van der Waals surface area contributed by atoms with Gasteiger partial charge in [0.25, 0.3) is 0 Å². The van der Waals surface area contributed by atoms with Crippen LogP contribution in [0.4, 0.5) is 5.69 Å². The van der Waals surface area contributed by atoms with Crippen molar-refractivity contribution in [3.05, 3.63) is 42.1 Å². The fraction of sp³-hybridized carbons (Fsp3) is 0.400. The number of hydrogen-bond donors (Lipinski definition) is 1. The second-order valence-electron chi connectivity index (χ2n) is 5.66. The molecule has 0 radical (unpaired) electrons. The lowest BCUT2D eigenvalue weighted by Gasteiger charge is -2.35. The summed E-state index contributed by atoms with van der Waals surface area (Å²) in [4.78, 5) is 8.94. The van der Waals surface area contributed by atoms with E-state index in [0.29, 0.717) is 0 Å².